The molecule has 136 valence electrons. The number of nitrogens with one attached hydrogen (secondary N) is 1. The number of benzene rings is 2. The molecule has 1 N–H and O–H groups in total. The molecule has 2 aliphatic heterocycles. The fraction of sp³-hybridized carbons (Fsp3) is 0.350. The fourth-order valence-corrected chi connectivity index (χ4v) is 3.12. The Kier molecular flexibility index (Phi) is 5.04. The molecule has 1 fully saturated rings. The Labute approximate surface area is 152 Å². The van der Waals surface area contributed by atoms with E-state index in [0.29, 0.717) is 36.9 Å². The minimum atomic E-state index is -0.189. The smallest absolute Gasteiger partial charge is 0.251 e. The van der Waals surface area contributed by atoms with Crippen LogP contribution < -0.4 is 14.8 Å². The summed E-state index contributed by atoms with van der Waals surface area (Å²) in [6.45, 7) is 1.78. The van der Waals surface area contributed by atoms with Gasteiger partial charge in [0.15, 0.2) is 11.5 Å². The van der Waals surface area contributed by atoms with E-state index in [2.05, 4.69) is 5.32 Å². The molecule has 2 aromatic carbocycles. The van der Waals surface area contributed by atoms with Crippen LogP contribution in [0.15, 0.2) is 48.5 Å². The molecule has 0 radical (unpaired) electrons. The van der Waals surface area contributed by atoms with E-state index in [1.165, 1.54) is 0 Å². The van der Waals surface area contributed by atoms with Gasteiger partial charge in [-0.15, -0.1) is 0 Å². The Morgan fingerprint density at radius 2 is 1.96 bits per heavy atom. The van der Waals surface area contributed by atoms with E-state index in [1.807, 2.05) is 30.3 Å². The Bertz CT molecular complexity index is 764. The summed E-state index contributed by atoms with van der Waals surface area (Å²) in [4.78, 5) is 12.6. The molecule has 0 bridgehead atoms. The molecular formula is C20H21NO5. The third-order valence-corrected chi connectivity index (χ3v) is 4.55. The first-order valence-corrected chi connectivity index (χ1v) is 8.73. The van der Waals surface area contributed by atoms with E-state index in [9.17, 15) is 4.79 Å². The minimum absolute atomic E-state index is 0.0816. The van der Waals surface area contributed by atoms with E-state index in [-0.39, 0.29) is 24.8 Å². The van der Waals surface area contributed by atoms with Crippen LogP contribution in [0.5, 0.6) is 11.5 Å². The lowest BCUT2D eigenvalue weighted by atomic mass is 10.1. The lowest BCUT2D eigenvalue weighted by Crippen LogP contribution is -2.50. The van der Waals surface area contributed by atoms with Crippen LogP contribution in [-0.2, 0) is 16.1 Å². The molecule has 4 rings (SSSR count). The summed E-state index contributed by atoms with van der Waals surface area (Å²) in [5, 5.41) is 3.03. The maximum atomic E-state index is 12.6. The average molecular weight is 355 g/mol. The SMILES string of the molecule is O=C(N[C@@H]1COCC[C@@H]1OCc1ccccc1)c1ccc2c(c1)OCO2. The monoisotopic (exact) mass is 355 g/mol. The highest BCUT2D eigenvalue weighted by Crippen LogP contribution is 2.32. The zero-order valence-corrected chi connectivity index (χ0v) is 14.4. The Morgan fingerprint density at radius 3 is 2.85 bits per heavy atom. The lowest BCUT2D eigenvalue weighted by Gasteiger charge is -2.32. The van der Waals surface area contributed by atoms with Crippen molar-refractivity contribution in [1.29, 1.82) is 0 Å². The predicted molar refractivity (Wildman–Crippen MR) is 94.3 cm³/mol. The zero-order valence-electron chi connectivity index (χ0n) is 14.4. The highest BCUT2D eigenvalue weighted by Gasteiger charge is 2.28. The van der Waals surface area contributed by atoms with Gasteiger partial charge in [-0.05, 0) is 30.2 Å². The van der Waals surface area contributed by atoms with Gasteiger partial charge >= 0.3 is 0 Å². The number of fused-ring (bicyclic) bond motifs is 1. The van der Waals surface area contributed by atoms with Crippen LogP contribution >= 0.6 is 0 Å². The fourth-order valence-electron chi connectivity index (χ4n) is 3.12. The molecule has 0 spiro atoms. The van der Waals surface area contributed by atoms with Gasteiger partial charge in [0, 0.05) is 12.2 Å². The molecule has 2 aromatic rings. The normalized spacial score (nSPS) is 21.4. The van der Waals surface area contributed by atoms with Crippen molar-refractivity contribution < 1.29 is 23.7 Å². The molecule has 1 saturated heterocycles. The largest absolute Gasteiger partial charge is 0.454 e. The van der Waals surface area contributed by atoms with Gasteiger partial charge in [-0.3, -0.25) is 4.79 Å². The second-order valence-corrected chi connectivity index (χ2v) is 6.35. The van der Waals surface area contributed by atoms with Crippen molar-refractivity contribution in [2.24, 2.45) is 0 Å². The van der Waals surface area contributed by atoms with Crippen molar-refractivity contribution in [2.75, 3.05) is 20.0 Å². The Balaban J connectivity index is 1.39. The van der Waals surface area contributed by atoms with Gasteiger partial charge in [-0.1, -0.05) is 30.3 Å². The highest BCUT2D eigenvalue weighted by atomic mass is 16.7. The maximum Gasteiger partial charge on any atom is 0.251 e. The number of carbonyl (C=O) groups is 1. The van der Waals surface area contributed by atoms with Gasteiger partial charge in [0.25, 0.3) is 5.91 Å². The number of hydrogen-bond acceptors (Lipinski definition) is 5. The molecule has 2 atom stereocenters. The first kappa shape index (κ1) is 16.9. The molecule has 0 unspecified atom stereocenters. The number of amides is 1. The summed E-state index contributed by atoms with van der Waals surface area (Å²) in [5.41, 5.74) is 1.64. The van der Waals surface area contributed by atoms with Crippen molar-refractivity contribution in [3.05, 3.63) is 59.7 Å². The van der Waals surface area contributed by atoms with Crippen molar-refractivity contribution in [3.63, 3.8) is 0 Å². The summed E-state index contributed by atoms with van der Waals surface area (Å²) >= 11 is 0. The van der Waals surface area contributed by atoms with E-state index >= 15 is 0 Å². The van der Waals surface area contributed by atoms with Gasteiger partial charge in [0.1, 0.15) is 0 Å². The van der Waals surface area contributed by atoms with Crippen molar-refractivity contribution in [1.82, 2.24) is 5.32 Å². The second-order valence-electron chi connectivity index (χ2n) is 6.35. The number of carbonyl (C=O) groups excluding carboxylic acids is 1. The molecule has 2 aliphatic rings. The van der Waals surface area contributed by atoms with E-state index in [0.717, 1.165) is 12.0 Å². The van der Waals surface area contributed by atoms with E-state index in [4.69, 9.17) is 18.9 Å². The average Bonchev–Trinajstić information content (AvgIpc) is 3.16. The summed E-state index contributed by atoms with van der Waals surface area (Å²) in [5.74, 6) is 1.08. The molecular weight excluding hydrogens is 334 g/mol. The number of rotatable bonds is 5. The van der Waals surface area contributed by atoms with Crippen molar-refractivity contribution >= 4 is 5.91 Å². The van der Waals surface area contributed by atoms with Gasteiger partial charge in [-0.25, -0.2) is 0 Å². The van der Waals surface area contributed by atoms with Gasteiger partial charge in [0.2, 0.25) is 6.79 Å². The minimum Gasteiger partial charge on any atom is -0.454 e. The van der Waals surface area contributed by atoms with Crippen LogP contribution in [0.4, 0.5) is 0 Å². The highest BCUT2D eigenvalue weighted by molar-refractivity contribution is 5.95. The molecule has 0 saturated carbocycles. The van der Waals surface area contributed by atoms with Gasteiger partial charge < -0.3 is 24.3 Å². The predicted octanol–water partition coefficient (Wildman–Crippen LogP) is 2.52. The quantitative estimate of drug-likeness (QED) is 0.893. The number of hydrogen-bond donors (Lipinski definition) is 1. The third kappa shape index (κ3) is 3.81. The first-order chi connectivity index (χ1) is 12.8. The molecule has 6 heteroatoms. The Morgan fingerprint density at radius 1 is 1.12 bits per heavy atom. The third-order valence-electron chi connectivity index (χ3n) is 4.55. The van der Waals surface area contributed by atoms with Crippen LogP contribution in [0.1, 0.15) is 22.3 Å². The summed E-state index contributed by atoms with van der Waals surface area (Å²) in [6.07, 6.45) is 0.667. The molecule has 6 nitrogen and oxygen atoms in total. The van der Waals surface area contributed by atoms with Crippen LogP contribution in [0.25, 0.3) is 0 Å². The van der Waals surface area contributed by atoms with Crippen LogP contribution in [0.2, 0.25) is 0 Å². The summed E-state index contributed by atoms with van der Waals surface area (Å²) in [6, 6.07) is 15.0. The molecule has 1 amide bonds. The maximum absolute atomic E-state index is 12.6. The van der Waals surface area contributed by atoms with Crippen LogP contribution in [0, 0.1) is 0 Å². The van der Waals surface area contributed by atoms with E-state index < -0.39 is 0 Å². The molecule has 0 aromatic heterocycles. The van der Waals surface area contributed by atoms with E-state index in [1.54, 1.807) is 18.2 Å². The first-order valence-electron chi connectivity index (χ1n) is 8.73. The van der Waals surface area contributed by atoms with Crippen molar-refractivity contribution in [2.45, 2.75) is 25.2 Å². The molecule has 0 aliphatic carbocycles. The number of ether oxygens (including phenoxy) is 4. The second kappa shape index (κ2) is 7.76. The summed E-state index contributed by atoms with van der Waals surface area (Å²) < 4.78 is 22.2. The zero-order chi connectivity index (χ0) is 17.8. The van der Waals surface area contributed by atoms with Crippen molar-refractivity contribution in [3.8, 4) is 11.5 Å². The van der Waals surface area contributed by atoms with Crippen LogP contribution in [-0.4, -0.2) is 38.1 Å². The summed E-state index contributed by atoms with van der Waals surface area (Å²) in [7, 11) is 0. The topological polar surface area (TPSA) is 66.0 Å². The Hall–Kier alpha value is -2.57. The molecule has 26 heavy (non-hydrogen) atoms. The lowest BCUT2D eigenvalue weighted by molar-refractivity contribution is -0.0605. The van der Waals surface area contributed by atoms with Gasteiger partial charge in [0.05, 0.1) is 25.4 Å². The molecule has 2 heterocycles. The van der Waals surface area contributed by atoms with Crippen LogP contribution in [0.3, 0.4) is 0 Å². The standard InChI is InChI=1S/C20H21NO5/c22-20(15-6-7-18-19(10-15)26-13-25-18)21-16-12-23-9-8-17(16)24-11-14-4-2-1-3-5-14/h1-7,10,16-17H,8-9,11-13H2,(H,21,22)/t16-,17+/m1/s1. The van der Waals surface area contributed by atoms with Gasteiger partial charge in [-0.2, -0.15) is 0 Å².